The number of esters is 1. The molecule has 1 N–H and O–H groups in total. The largest absolute Gasteiger partial charge is 0.462 e. The second kappa shape index (κ2) is 4.79. The molecule has 1 unspecified atom stereocenters. The lowest BCUT2D eigenvalue weighted by Crippen LogP contribution is -2.03. The highest BCUT2D eigenvalue weighted by atomic mass is 16.5. The lowest BCUT2D eigenvalue weighted by atomic mass is 10.0. The fraction of sp³-hybridized carbons (Fsp3) is 0.750. The van der Waals surface area contributed by atoms with Gasteiger partial charge in [0.25, 0.3) is 0 Å². The molecule has 1 atom stereocenters. The molecule has 0 aromatic rings. The van der Waals surface area contributed by atoms with Crippen LogP contribution in [0.5, 0.6) is 0 Å². The van der Waals surface area contributed by atoms with Crippen LogP contribution in [0.4, 0.5) is 0 Å². The number of allylic oxidation sites excluding steroid dienone is 1. The van der Waals surface area contributed by atoms with E-state index in [2.05, 4.69) is 26.1 Å². The zero-order valence-electron chi connectivity index (χ0n) is 10.1. The second-order valence-corrected chi connectivity index (χ2v) is 4.81. The van der Waals surface area contributed by atoms with Crippen LogP contribution in [0.1, 0.15) is 40.5 Å². The van der Waals surface area contributed by atoms with Crippen molar-refractivity contribution in [3.63, 3.8) is 0 Å². The van der Waals surface area contributed by atoms with Crippen molar-refractivity contribution in [2.24, 2.45) is 0 Å². The van der Waals surface area contributed by atoms with E-state index in [4.69, 9.17) is 4.74 Å². The number of hydrogen-bond donors (Lipinski definition) is 1. The number of carbonyl (C=O) groups is 1. The quantitative estimate of drug-likeness (QED) is 0.430. The minimum atomic E-state index is -0.218. The number of hydrogen-bond acceptors (Lipinski definition) is 3. The van der Waals surface area contributed by atoms with Gasteiger partial charge in [0.05, 0.1) is 0 Å². The molecule has 0 spiro atoms. The lowest BCUT2D eigenvalue weighted by Gasteiger charge is -2.02. The third-order valence-electron chi connectivity index (χ3n) is 2.88. The summed E-state index contributed by atoms with van der Waals surface area (Å²) < 4.78 is 4.84. The Labute approximate surface area is 91.9 Å². The lowest BCUT2D eigenvalue weighted by molar-refractivity contribution is -0.139. The van der Waals surface area contributed by atoms with Crippen molar-refractivity contribution >= 4 is 5.97 Å². The summed E-state index contributed by atoms with van der Waals surface area (Å²) in [4.78, 5) is 10.5. The highest BCUT2D eigenvalue weighted by Crippen LogP contribution is 2.29. The molecule has 0 saturated carbocycles. The van der Waals surface area contributed by atoms with E-state index in [1.54, 1.807) is 0 Å². The van der Waals surface area contributed by atoms with E-state index in [9.17, 15) is 4.79 Å². The third kappa shape index (κ3) is 4.47. The molecule has 3 nitrogen and oxygen atoms in total. The monoisotopic (exact) mass is 211 g/mol. The van der Waals surface area contributed by atoms with Gasteiger partial charge in [0.1, 0.15) is 6.61 Å². The van der Waals surface area contributed by atoms with Crippen molar-refractivity contribution < 1.29 is 9.53 Å². The molecule has 3 heteroatoms. The molecule has 0 aromatic carbocycles. The van der Waals surface area contributed by atoms with E-state index in [-0.39, 0.29) is 5.97 Å². The van der Waals surface area contributed by atoms with Gasteiger partial charge >= 0.3 is 5.97 Å². The number of rotatable bonds is 5. The van der Waals surface area contributed by atoms with Crippen LogP contribution < -0.4 is 5.32 Å². The predicted molar refractivity (Wildman–Crippen MR) is 60.6 cm³/mol. The minimum Gasteiger partial charge on any atom is -0.462 e. The van der Waals surface area contributed by atoms with Gasteiger partial charge in [-0.1, -0.05) is 5.57 Å². The van der Waals surface area contributed by atoms with Crippen molar-refractivity contribution in [2.75, 3.05) is 6.61 Å². The Balaban J connectivity index is 2.13. The van der Waals surface area contributed by atoms with Gasteiger partial charge in [-0.3, -0.25) is 4.79 Å². The fourth-order valence-electron chi connectivity index (χ4n) is 1.62. The van der Waals surface area contributed by atoms with Crippen LogP contribution in [-0.2, 0) is 9.53 Å². The first kappa shape index (κ1) is 12.2. The van der Waals surface area contributed by atoms with Crippen LogP contribution in [0.15, 0.2) is 11.6 Å². The van der Waals surface area contributed by atoms with Crippen molar-refractivity contribution in [2.45, 2.75) is 52.1 Å². The van der Waals surface area contributed by atoms with Crippen LogP contribution in [0.2, 0.25) is 0 Å². The molecule has 1 aliphatic heterocycles. The van der Waals surface area contributed by atoms with E-state index in [1.807, 2.05) is 6.08 Å². The minimum absolute atomic E-state index is 0.218. The average Bonchev–Trinajstić information content (AvgIpc) is 2.70. The molecule has 15 heavy (non-hydrogen) atoms. The maximum Gasteiger partial charge on any atom is 0.302 e. The van der Waals surface area contributed by atoms with Crippen LogP contribution in [0.25, 0.3) is 0 Å². The molecule has 1 saturated heterocycles. The van der Waals surface area contributed by atoms with Crippen LogP contribution in [0, 0.1) is 0 Å². The van der Waals surface area contributed by atoms with Gasteiger partial charge in [-0.05, 0) is 39.7 Å². The van der Waals surface area contributed by atoms with Crippen molar-refractivity contribution in [3.05, 3.63) is 11.6 Å². The Kier molecular flexibility index (Phi) is 3.91. The first-order valence-corrected chi connectivity index (χ1v) is 5.48. The smallest absolute Gasteiger partial charge is 0.302 e. The van der Waals surface area contributed by atoms with E-state index in [0.717, 1.165) is 12.8 Å². The Hall–Kier alpha value is -0.830. The van der Waals surface area contributed by atoms with E-state index < -0.39 is 0 Å². The molecule has 0 amide bonds. The molecule has 86 valence electrons. The first-order valence-electron chi connectivity index (χ1n) is 5.48. The summed E-state index contributed by atoms with van der Waals surface area (Å²) in [5.41, 5.74) is 1.62. The third-order valence-corrected chi connectivity index (χ3v) is 2.88. The summed E-state index contributed by atoms with van der Waals surface area (Å²) in [6, 6.07) is 0.648. The highest BCUT2D eigenvalue weighted by Gasteiger charge is 2.43. The molecular formula is C12H21NO2. The second-order valence-electron chi connectivity index (χ2n) is 4.81. The summed E-state index contributed by atoms with van der Waals surface area (Å²) in [5, 5.41) is 3.43. The molecule has 0 radical (unpaired) electrons. The van der Waals surface area contributed by atoms with Gasteiger partial charge < -0.3 is 10.1 Å². The summed E-state index contributed by atoms with van der Waals surface area (Å²) in [6.45, 7) is 8.35. The van der Waals surface area contributed by atoms with E-state index in [1.165, 1.54) is 12.5 Å². The summed E-state index contributed by atoms with van der Waals surface area (Å²) >= 11 is 0. The van der Waals surface area contributed by atoms with Crippen LogP contribution in [0.3, 0.4) is 0 Å². The summed E-state index contributed by atoms with van der Waals surface area (Å²) in [6.07, 6.45) is 4.22. The molecule has 1 rings (SSSR count). The standard InChI is InChI=1S/C12H21NO2/c1-9(7-8-15-10(2)14)5-6-11-12(3,4)13-11/h7,11,13H,5-6,8H2,1-4H3. The first-order chi connectivity index (χ1) is 6.92. The zero-order chi connectivity index (χ0) is 11.5. The van der Waals surface area contributed by atoms with Gasteiger partial charge in [0.2, 0.25) is 0 Å². The topological polar surface area (TPSA) is 48.2 Å². The molecule has 1 heterocycles. The summed E-state index contributed by atoms with van der Waals surface area (Å²) in [5.74, 6) is -0.218. The van der Waals surface area contributed by atoms with Gasteiger partial charge in [-0.15, -0.1) is 0 Å². The molecule has 0 bridgehead atoms. The molecule has 0 aliphatic carbocycles. The van der Waals surface area contributed by atoms with Gasteiger partial charge in [0.15, 0.2) is 0 Å². The van der Waals surface area contributed by atoms with Crippen LogP contribution >= 0.6 is 0 Å². The predicted octanol–water partition coefficient (Wildman–Crippen LogP) is 2.03. The Morgan fingerprint density at radius 3 is 2.53 bits per heavy atom. The fourth-order valence-corrected chi connectivity index (χ4v) is 1.62. The normalized spacial score (nSPS) is 23.7. The Bertz CT molecular complexity index is 269. The van der Waals surface area contributed by atoms with Crippen molar-refractivity contribution in [1.29, 1.82) is 0 Å². The van der Waals surface area contributed by atoms with Gasteiger partial charge in [0, 0.05) is 18.5 Å². The maximum atomic E-state index is 10.5. The zero-order valence-corrected chi connectivity index (χ0v) is 10.1. The summed E-state index contributed by atoms with van der Waals surface area (Å²) in [7, 11) is 0. The Morgan fingerprint density at radius 1 is 1.47 bits per heavy atom. The van der Waals surface area contributed by atoms with E-state index in [0.29, 0.717) is 18.2 Å². The average molecular weight is 211 g/mol. The number of nitrogens with one attached hydrogen (secondary N) is 1. The molecular weight excluding hydrogens is 190 g/mol. The number of ether oxygens (including phenoxy) is 1. The van der Waals surface area contributed by atoms with Crippen molar-refractivity contribution in [3.8, 4) is 0 Å². The molecule has 0 aromatic heterocycles. The maximum absolute atomic E-state index is 10.5. The molecule has 1 aliphatic rings. The Morgan fingerprint density at radius 2 is 2.07 bits per heavy atom. The van der Waals surface area contributed by atoms with Crippen LogP contribution in [-0.4, -0.2) is 24.2 Å². The highest BCUT2D eigenvalue weighted by molar-refractivity contribution is 5.66. The van der Waals surface area contributed by atoms with Gasteiger partial charge in [-0.2, -0.15) is 0 Å². The van der Waals surface area contributed by atoms with E-state index >= 15 is 0 Å². The van der Waals surface area contributed by atoms with Gasteiger partial charge in [-0.25, -0.2) is 0 Å². The van der Waals surface area contributed by atoms with Crippen molar-refractivity contribution in [1.82, 2.24) is 5.32 Å². The molecule has 1 fully saturated rings. The SMILES string of the molecule is CC(=O)OCC=C(C)CCC1NC1(C)C. The number of carbonyl (C=O) groups excluding carboxylic acids is 1.